The fraction of sp³-hybridized carbons (Fsp3) is 0.870. The van der Waals surface area contributed by atoms with Crippen LogP contribution in [0.2, 0.25) is 0 Å². The van der Waals surface area contributed by atoms with E-state index in [1.165, 1.54) is 16.7 Å². The summed E-state index contributed by atoms with van der Waals surface area (Å²) in [5, 5.41) is 3.11. The van der Waals surface area contributed by atoms with Gasteiger partial charge in [0.25, 0.3) is 5.24 Å². The largest absolute Gasteiger partial charge is 0.342 e. The molecule has 0 aromatic carbocycles. The predicted molar refractivity (Wildman–Crippen MR) is 122 cm³/mol. The van der Waals surface area contributed by atoms with Crippen LogP contribution in [-0.2, 0) is 9.59 Å². The van der Waals surface area contributed by atoms with E-state index in [1.54, 1.807) is 0 Å². The first-order chi connectivity index (χ1) is 12.8. The van der Waals surface area contributed by atoms with Crippen molar-refractivity contribution in [1.82, 2.24) is 10.2 Å². The van der Waals surface area contributed by atoms with Gasteiger partial charge in [0.05, 0.1) is 5.92 Å². The van der Waals surface area contributed by atoms with Crippen LogP contribution in [-0.4, -0.2) is 39.8 Å². The van der Waals surface area contributed by atoms with Crippen molar-refractivity contribution in [3.63, 3.8) is 0 Å². The highest BCUT2D eigenvalue weighted by Gasteiger charge is 2.47. The zero-order chi connectivity index (χ0) is 22.8. The molecule has 168 valence electrons. The molecule has 1 N–H and O–H groups in total. The van der Waals surface area contributed by atoms with E-state index < -0.39 is 0 Å². The Labute approximate surface area is 182 Å². The lowest BCUT2D eigenvalue weighted by atomic mass is 9.72. The molecule has 0 aromatic heterocycles. The molecule has 0 aromatic rings. The van der Waals surface area contributed by atoms with Gasteiger partial charge in [-0.25, -0.2) is 0 Å². The van der Waals surface area contributed by atoms with E-state index in [0.29, 0.717) is 6.54 Å². The van der Waals surface area contributed by atoms with Crippen LogP contribution in [0.3, 0.4) is 0 Å². The van der Waals surface area contributed by atoms with Gasteiger partial charge in [-0.05, 0) is 42.9 Å². The summed E-state index contributed by atoms with van der Waals surface area (Å²) in [5.41, 5.74) is -0.681. The fourth-order valence-electron chi connectivity index (χ4n) is 3.40. The first-order valence-electron chi connectivity index (χ1n) is 10.6. The Morgan fingerprint density at radius 1 is 0.966 bits per heavy atom. The number of hydrogen-bond acceptors (Lipinski definition) is 4. The predicted octanol–water partition coefficient (Wildman–Crippen LogP) is 5.48. The molecule has 3 amide bonds. The normalized spacial score (nSPS) is 19.1. The number of rotatable bonds is 7. The van der Waals surface area contributed by atoms with Crippen molar-refractivity contribution < 1.29 is 14.4 Å². The summed E-state index contributed by atoms with van der Waals surface area (Å²) in [6, 6.07) is 0. The van der Waals surface area contributed by atoms with Gasteiger partial charge in [-0.15, -0.1) is 0 Å². The highest BCUT2D eigenvalue weighted by atomic mass is 32.2. The van der Waals surface area contributed by atoms with E-state index in [2.05, 4.69) is 39.9 Å². The Morgan fingerprint density at radius 2 is 1.52 bits per heavy atom. The van der Waals surface area contributed by atoms with E-state index in [-0.39, 0.29) is 51.2 Å². The number of carbonyl (C=O) groups excluding carboxylic acids is 3. The Balaban J connectivity index is 2.69. The average molecular weight is 427 g/mol. The zero-order valence-corrected chi connectivity index (χ0v) is 21.0. The SMILES string of the molecule is CC(C)(C)CSC(=O)NC(C)(C)CCC(C)(C)C1CC(=O)N(CC(C)(C)C)C1=O. The molecule has 1 saturated heterocycles. The van der Waals surface area contributed by atoms with Gasteiger partial charge < -0.3 is 5.32 Å². The first-order valence-corrected chi connectivity index (χ1v) is 11.6. The topological polar surface area (TPSA) is 66.5 Å². The lowest BCUT2D eigenvalue weighted by molar-refractivity contribution is -0.142. The molecule has 1 fully saturated rings. The molecule has 1 heterocycles. The summed E-state index contributed by atoms with van der Waals surface area (Å²) in [5.74, 6) is 0.369. The molecule has 0 bridgehead atoms. The average Bonchev–Trinajstić information content (AvgIpc) is 2.78. The van der Waals surface area contributed by atoms with Gasteiger partial charge >= 0.3 is 0 Å². The van der Waals surface area contributed by atoms with E-state index >= 15 is 0 Å². The van der Waals surface area contributed by atoms with Gasteiger partial charge in [0.15, 0.2) is 0 Å². The van der Waals surface area contributed by atoms with E-state index in [1.807, 2.05) is 34.6 Å². The maximum absolute atomic E-state index is 13.0. The van der Waals surface area contributed by atoms with Gasteiger partial charge in [-0.2, -0.15) is 0 Å². The molecular weight excluding hydrogens is 384 g/mol. The minimum absolute atomic E-state index is 0.00814. The molecule has 1 atom stereocenters. The van der Waals surface area contributed by atoms with E-state index in [0.717, 1.165) is 18.6 Å². The second kappa shape index (κ2) is 8.99. The number of amides is 3. The third kappa shape index (κ3) is 8.69. The zero-order valence-electron chi connectivity index (χ0n) is 20.2. The summed E-state index contributed by atoms with van der Waals surface area (Å²) >= 11 is 1.32. The number of hydrogen-bond donors (Lipinski definition) is 1. The van der Waals surface area contributed by atoms with Crippen LogP contribution < -0.4 is 5.32 Å². The number of carbonyl (C=O) groups is 3. The molecule has 29 heavy (non-hydrogen) atoms. The van der Waals surface area contributed by atoms with Crippen molar-refractivity contribution in [2.45, 2.75) is 94.0 Å². The standard InChI is InChI=1S/C23H42N2O3S/c1-20(2,3)14-25-17(26)13-16(18(25)27)22(7,8)11-12-23(9,10)24-19(28)29-15-21(4,5)6/h16H,11-15H2,1-10H3,(H,24,28). The highest BCUT2D eigenvalue weighted by molar-refractivity contribution is 8.13. The van der Waals surface area contributed by atoms with Crippen LogP contribution in [0.5, 0.6) is 0 Å². The van der Waals surface area contributed by atoms with Gasteiger partial charge in [0, 0.05) is 24.3 Å². The Morgan fingerprint density at radius 3 is 2.00 bits per heavy atom. The molecule has 5 nitrogen and oxygen atoms in total. The molecule has 1 aliphatic heterocycles. The molecule has 6 heteroatoms. The number of likely N-dealkylation sites (tertiary alicyclic amines) is 1. The second-order valence-electron chi connectivity index (χ2n) is 12.3. The maximum atomic E-state index is 13.0. The fourth-order valence-corrected chi connectivity index (χ4v) is 4.31. The number of nitrogens with zero attached hydrogens (tertiary/aromatic N) is 1. The molecule has 0 spiro atoms. The Hall–Kier alpha value is -1.04. The van der Waals surface area contributed by atoms with Crippen molar-refractivity contribution in [2.24, 2.45) is 22.2 Å². The summed E-state index contributed by atoms with van der Waals surface area (Å²) < 4.78 is 0. The molecule has 1 rings (SSSR count). The van der Waals surface area contributed by atoms with Gasteiger partial charge in [-0.3, -0.25) is 19.3 Å². The van der Waals surface area contributed by atoms with E-state index in [4.69, 9.17) is 0 Å². The van der Waals surface area contributed by atoms with Crippen molar-refractivity contribution in [3.05, 3.63) is 0 Å². The van der Waals surface area contributed by atoms with Crippen LogP contribution in [0.1, 0.15) is 88.5 Å². The summed E-state index contributed by atoms with van der Waals surface area (Å²) in [4.78, 5) is 39.2. The summed E-state index contributed by atoms with van der Waals surface area (Å²) in [6.45, 7) is 21.1. The van der Waals surface area contributed by atoms with Crippen molar-refractivity contribution in [1.29, 1.82) is 0 Å². The van der Waals surface area contributed by atoms with Crippen molar-refractivity contribution >= 4 is 28.8 Å². The molecule has 0 radical (unpaired) electrons. The molecule has 1 unspecified atom stereocenters. The maximum Gasteiger partial charge on any atom is 0.279 e. The summed E-state index contributed by atoms with van der Waals surface area (Å²) in [7, 11) is 0. The third-order valence-electron chi connectivity index (χ3n) is 5.29. The van der Waals surface area contributed by atoms with Crippen LogP contribution >= 0.6 is 11.8 Å². The second-order valence-corrected chi connectivity index (χ2v) is 13.2. The van der Waals surface area contributed by atoms with Crippen LogP contribution in [0.25, 0.3) is 0 Å². The molecule has 1 aliphatic rings. The van der Waals surface area contributed by atoms with Gasteiger partial charge in [-0.1, -0.05) is 67.2 Å². The Bertz CT molecular complexity index is 627. The smallest absolute Gasteiger partial charge is 0.279 e. The van der Waals surface area contributed by atoms with Crippen LogP contribution in [0.15, 0.2) is 0 Å². The van der Waals surface area contributed by atoms with Gasteiger partial charge in [0.2, 0.25) is 11.8 Å². The lowest BCUT2D eigenvalue weighted by Crippen LogP contribution is -2.44. The number of imide groups is 1. The third-order valence-corrected chi connectivity index (χ3v) is 6.67. The first kappa shape index (κ1) is 26.0. The van der Waals surface area contributed by atoms with E-state index in [9.17, 15) is 14.4 Å². The minimum Gasteiger partial charge on any atom is -0.342 e. The van der Waals surface area contributed by atoms with Crippen LogP contribution in [0.4, 0.5) is 4.79 Å². The molecular formula is C23H42N2O3S. The quantitative estimate of drug-likeness (QED) is 0.547. The molecule has 0 aliphatic carbocycles. The van der Waals surface area contributed by atoms with Crippen molar-refractivity contribution in [3.8, 4) is 0 Å². The van der Waals surface area contributed by atoms with Crippen molar-refractivity contribution in [2.75, 3.05) is 12.3 Å². The minimum atomic E-state index is -0.365. The molecule has 0 saturated carbocycles. The Kier molecular flexibility index (Phi) is 8.06. The van der Waals surface area contributed by atoms with Crippen LogP contribution in [0, 0.1) is 22.2 Å². The number of thioether (sulfide) groups is 1. The van der Waals surface area contributed by atoms with Gasteiger partial charge in [0.1, 0.15) is 0 Å². The summed E-state index contributed by atoms with van der Waals surface area (Å²) in [6.07, 6.45) is 1.80. The lowest BCUT2D eigenvalue weighted by Gasteiger charge is -2.35. The highest BCUT2D eigenvalue weighted by Crippen LogP contribution is 2.41. The number of nitrogens with one attached hydrogen (secondary N) is 1. The monoisotopic (exact) mass is 426 g/mol.